The fraction of sp³-hybridized carbons (Fsp3) is 0.318. The van der Waals surface area contributed by atoms with E-state index in [1.807, 2.05) is 41.3 Å². The Labute approximate surface area is 183 Å². The molecule has 0 saturated heterocycles. The number of hydrogen-bond acceptors (Lipinski definition) is 8. The van der Waals surface area contributed by atoms with Gasteiger partial charge in [-0.1, -0.05) is 23.9 Å². The second kappa shape index (κ2) is 8.50. The summed E-state index contributed by atoms with van der Waals surface area (Å²) in [5.41, 5.74) is 1.82. The van der Waals surface area contributed by atoms with E-state index in [4.69, 9.17) is 18.6 Å². The third-order valence-electron chi connectivity index (χ3n) is 5.17. The number of fused-ring (bicyclic) bond motifs is 1. The van der Waals surface area contributed by atoms with Gasteiger partial charge in [0.1, 0.15) is 5.75 Å². The van der Waals surface area contributed by atoms with Crippen molar-refractivity contribution >= 4 is 17.7 Å². The fourth-order valence-corrected chi connectivity index (χ4v) is 4.00. The van der Waals surface area contributed by atoms with Gasteiger partial charge in [0, 0.05) is 18.2 Å². The maximum atomic E-state index is 12.9. The molecule has 1 aliphatic heterocycles. The summed E-state index contributed by atoms with van der Waals surface area (Å²) in [7, 11) is 1.64. The molecule has 160 valence electrons. The maximum absolute atomic E-state index is 12.9. The molecule has 0 N–H and O–H groups in total. The molecule has 0 bridgehead atoms. The highest BCUT2D eigenvalue weighted by Gasteiger charge is 2.32. The van der Waals surface area contributed by atoms with Crippen LogP contribution in [0.25, 0.3) is 11.5 Å². The Morgan fingerprint density at radius 1 is 1.13 bits per heavy atom. The second-order valence-corrected chi connectivity index (χ2v) is 8.26. The minimum Gasteiger partial charge on any atom is -0.497 e. The lowest BCUT2D eigenvalue weighted by Crippen LogP contribution is -2.33. The lowest BCUT2D eigenvalue weighted by atomic mass is 10.2. The Balaban J connectivity index is 1.21. The smallest absolute Gasteiger partial charge is 0.277 e. The van der Waals surface area contributed by atoms with Crippen LogP contribution < -0.4 is 14.2 Å². The first-order chi connectivity index (χ1) is 15.2. The lowest BCUT2D eigenvalue weighted by Gasteiger charge is -2.22. The number of hydrogen-bond donors (Lipinski definition) is 0. The zero-order valence-corrected chi connectivity index (χ0v) is 17.8. The third kappa shape index (κ3) is 4.46. The minimum absolute atomic E-state index is 0.0612. The first-order valence-electron chi connectivity index (χ1n) is 9.98. The Morgan fingerprint density at radius 2 is 1.94 bits per heavy atom. The van der Waals surface area contributed by atoms with Crippen LogP contribution in [0.1, 0.15) is 18.4 Å². The Hall–Kier alpha value is -3.20. The lowest BCUT2D eigenvalue weighted by molar-refractivity contribution is -0.129. The molecule has 8 nitrogen and oxygen atoms in total. The summed E-state index contributed by atoms with van der Waals surface area (Å²) in [6, 6.07) is 13.6. The molecule has 31 heavy (non-hydrogen) atoms. The standard InChI is InChI=1S/C22H21N3O5S/c1-27-17-7-2-14(3-8-17)11-25(16-5-6-16)20(26)12-31-22-24-23-21(30-22)15-4-9-18-19(10-15)29-13-28-18/h2-4,7-10,16H,5-6,11-13H2,1H3. The molecule has 2 aliphatic rings. The van der Waals surface area contributed by atoms with Crippen LogP contribution in [-0.4, -0.2) is 46.7 Å². The number of carbonyl (C=O) groups is 1. The van der Waals surface area contributed by atoms with Crippen molar-refractivity contribution in [1.29, 1.82) is 0 Å². The van der Waals surface area contributed by atoms with E-state index in [1.165, 1.54) is 11.8 Å². The summed E-state index contributed by atoms with van der Waals surface area (Å²) in [6.45, 7) is 0.792. The minimum atomic E-state index is 0.0612. The monoisotopic (exact) mass is 439 g/mol. The van der Waals surface area contributed by atoms with Crippen LogP contribution >= 0.6 is 11.8 Å². The summed E-state index contributed by atoms with van der Waals surface area (Å²) < 4.78 is 21.7. The molecular formula is C22H21N3O5S. The molecule has 1 aliphatic carbocycles. The zero-order valence-electron chi connectivity index (χ0n) is 16.9. The van der Waals surface area contributed by atoms with Crippen LogP contribution in [0.5, 0.6) is 17.2 Å². The largest absolute Gasteiger partial charge is 0.497 e. The van der Waals surface area contributed by atoms with E-state index in [2.05, 4.69) is 10.2 Å². The van der Waals surface area contributed by atoms with Crippen molar-refractivity contribution < 1.29 is 23.4 Å². The van der Waals surface area contributed by atoms with Gasteiger partial charge in [-0.25, -0.2) is 0 Å². The van der Waals surface area contributed by atoms with E-state index in [1.54, 1.807) is 13.2 Å². The summed E-state index contributed by atoms with van der Waals surface area (Å²) in [4.78, 5) is 14.8. The first-order valence-corrected chi connectivity index (χ1v) is 11.0. The quantitative estimate of drug-likeness (QED) is 0.491. The number of aromatic nitrogens is 2. The number of thioether (sulfide) groups is 1. The highest BCUT2D eigenvalue weighted by atomic mass is 32.2. The number of rotatable bonds is 8. The van der Waals surface area contributed by atoms with Gasteiger partial charge in [-0.05, 0) is 48.7 Å². The van der Waals surface area contributed by atoms with Crippen LogP contribution in [0, 0.1) is 0 Å². The van der Waals surface area contributed by atoms with Gasteiger partial charge in [0.25, 0.3) is 5.22 Å². The maximum Gasteiger partial charge on any atom is 0.277 e. The number of methoxy groups -OCH3 is 1. The predicted octanol–water partition coefficient (Wildman–Crippen LogP) is 3.76. The van der Waals surface area contributed by atoms with Gasteiger partial charge in [0.2, 0.25) is 18.6 Å². The molecular weight excluding hydrogens is 418 g/mol. The molecule has 2 aromatic carbocycles. The molecule has 0 atom stereocenters. The number of nitrogens with zero attached hydrogens (tertiary/aromatic N) is 3. The predicted molar refractivity (Wildman–Crippen MR) is 113 cm³/mol. The van der Waals surface area contributed by atoms with Crippen molar-refractivity contribution in [2.24, 2.45) is 0 Å². The van der Waals surface area contributed by atoms with E-state index in [-0.39, 0.29) is 18.5 Å². The van der Waals surface area contributed by atoms with Gasteiger partial charge in [-0.3, -0.25) is 4.79 Å². The molecule has 0 radical (unpaired) electrons. The van der Waals surface area contributed by atoms with E-state index in [0.29, 0.717) is 35.2 Å². The summed E-state index contributed by atoms with van der Waals surface area (Å²) in [5, 5.41) is 8.53. The zero-order chi connectivity index (χ0) is 21.2. The average Bonchev–Trinajstić information content (AvgIpc) is 3.33. The van der Waals surface area contributed by atoms with E-state index >= 15 is 0 Å². The van der Waals surface area contributed by atoms with Crippen LogP contribution in [0.15, 0.2) is 52.1 Å². The van der Waals surface area contributed by atoms with Gasteiger partial charge >= 0.3 is 0 Å². The topological polar surface area (TPSA) is 86.9 Å². The van der Waals surface area contributed by atoms with Crippen LogP contribution in [0.3, 0.4) is 0 Å². The molecule has 1 saturated carbocycles. The van der Waals surface area contributed by atoms with Gasteiger partial charge in [0.05, 0.1) is 12.9 Å². The molecule has 1 aromatic heterocycles. The molecule has 0 unspecified atom stereocenters. The van der Waals surface area contributed by atoms with Crippen molar-refractivity contribution in [3.05, 3.63) is 48.0 Å². The molecule has 1 amide bonds. The number of benzene rings is 2. The fourth-order valence-electron chi connectivity index (χ4n) is 3.36. The first kappa shape index (κ1) is 19.7. The summed E-state index contributed by atoms with van der Waals surface area (Å²) in [6.07, 6.45) is 2.09. The Morgan fingerprint density at radius 3 is 2.71 bits per heavy atom. The van der Waals surface area contributed by atoms with Gasteiger partial charge < -0.3 is 23.5 Å². The Kier molecular flexibility index (Phi) is 5.42. The van der Waals surface area contributed by atoms with Crippen molar-refractivity contribution in [3.8, 4) is 28.7 Å². The molecule has 3 aromatic rings. The molecule has 5 rings (SSSR count). The summed E-state index contributed by atoms with van der Waals surface area (Å²) >= 11 is 1.25. The average molecular weight is 439 g/mol. The normalized spacial score (nSPS) is 14.5. The van der Waals surface area contributed by atoms with E-state index in [0.717, 1.165) is 29.7 Å². The van der Waals surface area contributed by atoms with Crippen molar-refractivity contribution in [3.63, 3.8) is 0 Å². The highest BCUT2D eigenvalue weighted by Crippen LogP contribution is 2.36. The number of amides is 1. The van der Waals surface area contributed by atoms with Gasteiger partial charge in [-0.2, -0.15) is 0 Å². The number of carbonyl (C=O) groups excluding carboxylic acids is 1. The summed E-state index contributed by atoms with van der Waals surface area (Å²) in [5.74, 6) is 2.84. The SMILES string of the molecule is COc1ccc(CN(C(=O)CSc2nnc(-c3ccc4c(c3)OCO4)o2)C2CC2)cc1. The van der Waals surface area contributed by atoms with Crippen LogP contribution in [0.4, 0.5) is 0 Å². The van der Waals surface area contributed by atoms with E-state index in [9.17, 15) is 4.79 Å². The van der Waals surface area contributed by atoms with Gasteiger partial charge in [0.15, 0.2) is 11.5 Å². The van der Waals surface area contributed by atoms with Gasteiger partial charge in [-0.15, -0.1) is 10.2 Å². The molecule has 9 heteroatoms. The second-order valence-electron chi connectivity index (χ2n) is 7.33. The van der Waals surface area contributed by atoms with Crippen molar-refractivity contribution in [2.75, 3.05) is 19.7 Å². The van der Waals surface area contributed by atoms with Crippen molar-refractivity contribution in [1.82, 2.24) is 15.1 Å². The Bertz CT molecular complexity index is 1080. The number of ether oxygens (including phenoxy) is 3. The van der Waals surface area contributed by atoms with Crippen LogP contribution in [0.2, 0.25) is 0 Å². The van der Waals surface area contributed by atoms with Crippen LogP contribution in [-0.2, 0) is 11.3 Å². The van der Waals surface area contributed by atoms with Crippen molar-refractivity contribution in [2.45, 2.75) is 30.7 Å². The van der Waals surface area contributed by atoms with E-state index < -0.39 is 0 Å². The molecule has 1 fully saturated rings. The molecule has 0 spiro atoms. The highest BCUT2D eigenvalue weighted by molar-refractivity contribution is 7.99. The third-order valence-corrected chi connectivity index (χ3v) is 5.97. The molecule has 2 heterocycles.